The van der Waals surface area contributed by atoms with Crippen LogP contribution in [0.25, 0.3) is 0 Å². The number of benzene rings is 2. The van der Waals surface area contributed by atoms with Crippen molar-refractivity contribution in [2.75, 3.05) is 24.7 Å². The molecule has 0 N–H and O–H groups in total. The van der Waals surface area contributed by atoms with Crippen molar-refractivity contribution in [1.29, 1.82) is 0 Å². The first-order chi connectivity index (χ1) is 13.4. The standard InChI is InChI=1S/C24H29NO3/c1-5-27-22(26)13-21-18-7-6-8-19-23(18)20(14-28-21)25(15-24(19,3)4)17-11-9-16(2)10-12-17/h6-12,20-21H,5,13-15H2,1-4H3/t20-,21-/m1/s1. The van der Waals surface area contributed by atoms with Gasteiger partial charge < -0.3 is 14.4 Å². The van der Waals surface area contributed by atoms with E-state index in [1.807, 2.05) is 6.92 Å². The number of carbonyl (C=O) groups excluding carboxylic acids is 1. The van der Waals surface area contributed by atoms with Gasteiger partial charge in [0.15, 0.2) is 0 Å². The summed E-state index contributed by atoms with van der Waals surface area (Å²) in [7, 11) is 0. The maximum atomic E-state index is 12.1. The molecule has 4 rings (SSSR count). The number of anilines is 1. The zero-order valence-electron chi connectivity index (χ0n) is 17.2. The molecule has 0 saturated heterocycles. The highest BCUT2D eigenvalue weighted by molar-refractivity contribution is 5.71. The van der Waals surface area contributed by atoms with Crippen molar-refractivity contribution in [2.24, 2.45) is 0 Å². The summed E-state index contributed by atoms with van der Waals surface area (Å²) in [6, 6.07) is 15.3. The molecule has 0 unspecified atom stereocenters. The zero-order valence-corrected chi connectivity index (χ0v) is 17.2. The van der Waals surface area contributed by atoms with E-state index in [-0.39, 0.29) is 30.0 Å². The third-order valence-electron chi connectivity index (χ3n) is 5.97. The molecular formula is C24H29NO3. The van der Waals surface area contributed by atoms with Crippen LogP contribution in [0.2, 0.25) is 0 Å². The van der Waals surface area contributed by atoms with Crippen LogP contribution in [0.15, 0.2) is 42.5 Å². The van der Waals surface area contributed by atoms with Gasteiger partial charge in [-0.3, -0.25) is 4.79 Å². The Labute approximate surface area is 167 Å². The lowest BCUT2D eigenvalue weighted by Gasteiger charge is -2.49. The van der Waals surface area contributed by atoms with Crippen molar-refractivity contribution in [2.45, 2.75) is 51.7 Å². The monoisotopic (exact) mass is 379 g/mol. The number of esters is 1. The topological polar surface area (TPSA) is 38.8 Å². The second-order valence-corrected chi connectivity index (χ2v) is 8.50. The first-order valence-electron chi connectivity index (χ1n) is 10.1. The number of aryl methyl sites for hydroxylation is 1. The molecule has 0 spiro atoms. The molecule has 2 aliphatic heterocycles. The Morgan fingerprint density at radius 3 is 2.68 bits per heavy atom. The van der Waals surface area contributed by atoms with Crippen LogP contribution in [0.3, 0.4) is 0 Å². The molecule has 2 aliphatic rings. The van der Waals surface area contributed by atoms with Gasteiger partial charge in [-0.25, -0.2) is 0 Å². The van der Waals surface area contributed by atoms with Gasteiger partial charge >= 0.3 is 5.97 Å². The first kappa shape index (κ1) is 19.0. The van der Waals surface area contributed by atoms with Crippen molar-refractivity contribution in [1.82, 2.24) is 0 Å². The number of carbonyl (C=O) groups is 1. The van der Waals surface area contributed by atoms with Gasteiger partial charge in [-0.1, -0.05) is 49.7 Å². The minimum Gasteiger partial charge on any atom is -0.466 e. The first-order valence-corrected chi connectivity index (χ1v) is 10.1. The number of rotatable bonds is 4. The van der Waals surface area contributed by atoms with Crippen molar-refractivity contribution in [3.05, 3.63) is 64.7 Å². The summed E-state index contributed by atoms with van der Waals surface area (Å²) >= 11 is 0. The van der Waals surface area contributed by atoms with Crippen LogP contribution in [0, 0.1) is 6.92 Å². The third-order valence-corrected chi connectivity index (χ3v) is 5.97. The quantitative estimate of drug-likeness (QED) is 0.711. The molecule has 148 valence electrons. The molecule has 28 heavy (non-hydrogen) atoms. The van der Waals surface area contributed by atoms with E-state index in [0.29, 0.717) is 13.2 Å². The number of hydrogen-bond acceptors (Lipinski definition) is 4. The molecule has 4 nitrogen and oxygen atoms in total. The predicted molar refractivity (Wildman–Crippen MR) is 111 cm³/mol. The molecule has 0 aliphatic carbocycles. The van der Waals surface area contributed by atoms with Crippen molar-refractivity contribution in [3.8, 4) is 0 Å². The Morgan fingerprint density at radius 1 is 1.21 bits per heavy atom. The van der Waals surface area contributed by atoms with Crippen LogP contribution in [-0.2, 0) is 19.7 Å². The Bertz CT molecular complexity index is 872. The molecule has 0 fully saturated rings. The van der Waals surface area contributed by atoms with Crippen LogP contribution in [0.1, 0.15) is 61.6 Å². The zero-order chi connectivity index (χ0) is 19.9. The fraction of sp³-hybridized carbons (Fsp3) is 0.458. The molecule has 0 amide bonds. The van der Waals surface area contributed by atoms with E-state index in [4.69, 9.17) is 9.47 Å². The van der Waals surface area contributed by atoms with E-state index in [1.165, 1.54) is 22.4 Å². The van der Waals surface area contributed by atoms with Gasteiger partial charge in [-0.05, 0) is 42.7 Å². The van der Waals surface area contributed by atoms with Gasteiger partial charge in [-0.15, -0.1) is 0 Å². The Morgan fingerprint density at radius 2 is 1.96 bits per heavy atom. The molecule has 4 heteroatoms. The van der Waals surface area contributed by atoms with E-state index < -0.39 is 0 Å². The Kier molecular flexibility index (Phi) is 4.92. The lowest BCUT2D eigenvalue weighted by molar-refractivity contribution is -0.147. The van der Waals surface area contributed by atoms with Crippen molar-refractivity contribution >= 4 is 11.7 Å². The van der Waals surface area contributed by atoms with Gasteiger partial charge in [0.25, 0.3) is 0 Å². The van der Waals surface area contributed by atoms with E-state index in [0.717, 1.165) is 12.1 Å². The molecular weight excluding hydrogens is 350 g/mol. The smallest absolute Gasteiger partial charge is 0.308 e. The second-order valence-electron chi connectivity index (χ2n) is 8.50. The van der Waals surface area contributed by atoms with Crippen LogP contribution in [0.5, 0.6) is 0 Å². The molecule has 2 atom stereocenters. The van der Waals surface area contributed by atoms with Crippen LogP contribution in [0.4, 0.5) is 5.69 Å². The molecule has 0 aromatic heterocycles. The maximum absolute atomic E-state index is 12.1. The normalized spacial score (nSPS) is 22.5. The van der Waals surface area contributed by atoms with Gasteiger partial charge in [0.1, 0.15) is 0 Å². The highest BCUT2D eigenvalue weighted by Gasteiger charge is 2.43. The average molecular weight is 380 g/mol. The number of ether oxygens (including phenoxy) is 2. The highest BCUT2D eigenvalue weighted by Crippen LogP contribution is 2.48. The lowest BCUT2D eigenvalue weighted by Crippen LogP contribution is -2.49. The Hall–Kier alpha value is -2.33. The largest absolute Gasteiger partial charge is 0.466 e. The minimum absolute atomic E-state index is 0.0124. The highest BCUT2D eigenvalue weighted by atomic mass is 16.5. The molecule has 0 radical (unpaired) electrons. The fourth-order valence-electron chi connectivity index (χ4n) is 4.62. The van der Waals surface area contributed by atoms with E-state index >= 15 is 0 Å². The summed E-state index contributed by atoms with van der Waals surface area (Å²) in [4.78, 5) is 14.6. The minimum atomic E-state index is -0.237. The number of nitrogens with zero attached hydrogens (tertiary/aromatic N) is 1. The van der Waals surface area contributed by atoms with Gasteiger partial charge in [0, 0.05) is 17.6 Å². The maximum Gasteiger partial charge on any atom is 0.308 e. The predicted octanol–water partition coefficient (Wildman–Crippen LogP) is 4.86. The van der Waals surface area contributed by atoms with Gasteiger partial charge in [0.2, 0.25) is 0 Å². The summed E-state index contributed by atoms with van der Waals surface area (Å²) in [5.41, 5.74) is 6.33. The molecule has 2 aromatic carbocycles. The summed E-state index contributed by atoms with van der Waals surface area (Å²) < 4.78 is 11.4. The summed E-state index contributed by atoms with van der Waals surface area (Å²) in [5, 5.41) is 0. The van der Waals surface area contributed by atoms with Crippen LogP contribution < -0.4 is 4.90 Å². The molecule has 2 aromatic rings. The van der Waals surface area contributed by atoms with Crippen LogP contribution in [-0.4, -0.2) is 25.7 Å². The molecule has 0 saturated carbocycles. The summed E-state index contributed by atoms with van der Waals surface area (Å²) in [5.74, 6) is -0.200. The average Bonchev–Trinajstić information content (AvgIpc) is 2.66. The Balaban J connectivity index is 1.76. The fourth-order valence-corrected chi connectivity index (χ4v) is 4.62. The SMILES string of the molecule is CCOC(=O)C[C@H]1OC[C@@H]2c3c1cccc3C(C)(C)CN2c1ccc(C)cc1. The van der Waals surface area contributed by atoms with Crippen molar-refractivity contribution < 1.29 is 14.3 Å². The second kappa shape index (κ2) is 7.25. The van der Waals surface area contributed by atoms with E-state index in [2.05, 4.69) is 68.1 Å². The summed E-state index contributed by atoms with van der Waals surface area (Å²) in [6.07, 6.45) is 0.0288. The van der Waals surface area contributed by atoms with E-state index in [1.54, 1.807) is 0 Å². The third kappa shape index (κ3) is 3.30. The summed E-state index contributed by atoms with van der Waals surface area (Å²) in [6.45, 7) is 10.5. The number of hydrogen-bond donors (Lipinski definition) is 0. The van der Waals surface area contributed by atoms with Gasteiger partial charge in [-0.2, -0.15) is 0 Å². The van der Waals surface area contributed by atoms with Gasteiger partial charge in [0.05, 0.1) is 31.8 Å². The molecule has 2 heterocycles. The van der Waals surface area contributed by atoms with Crippen LogP contribution >= 0.6 is 0 Å². The van der Waals surface area contributed by atoms with E-state index in [9.17, 15) is 4.79 Å². The van der Waals surface area contributed by atoms with Crippen molar-refractivity contribution in [3.63, 3.8) is 0 Å². The lowest BCUT2D eigenvalue weighted by atomic mass is 9.72. The molecule has 0 bridgehead atoms.